The second-order valence-corrected chi connectivity index (χ2v) is 1.92. The number of rotatable bonds is 1. The zero-order valence-electron chi connectivity index (χ0n) is 5.33. The Morgan fingerprint density at radius 2 is 2.10 bits per heavy atom. The van der Waals surface area contributed by atoms with Gasteiger partial charge in [0.15, 0.2) is 0 Å². The van der Waals surface area contributed by atoms with Gasteiger partial charge in [-0.2, -0.15) is 0 Å². The molecule has 1 rings (SSSR count). The molecular formula is C6H9N3O. The highest BCUT2D eigenvalue weighted by Gasteiger charge is 1.95. The lowest BCUT2D eigenvalue weighted by Crippen LogP contribution is -2.08. The Hall–Kier alpha value is -1.42. The van der Waals surface area contributed by atoms with Crippen LogP contribution in [0.15, 0.2) is 18.2 Å². The molecule has 0 saturated heterocycles. The molecule has 54 valence electrons. The lowest BCUT2D eigenvalue weighted by atomic mass is 10.2. The molecule has 0 fully saturated rings. The Bertz CT molecular complexity index is 236. The van der Waals surface area contributed by atoms with Crippen molar-refractivity contribution in [3.8, 4) is 5.75 Å². The van der Waals surface area contributed by atoms with Crippen molar-refractivity contribution in [2.45, 2.75) is 0 Å². The maximum atomic E-state index is 8.92. The summed E-state index contributed by atoms with van der Waals surface area (Å²) < 4.78 is 0. The second kappa shape index (κ2) is 2.45. The lowest BCUT2D eigenvalue weighted by molar-refractivity contribution is 0.475. The number of hydrogen-bond donors (Lipinski definition) is 4. The van der Waals surface area contributed by atoms with E-state index in [0.717, 1.165) is 0 Å². The third-order valence-corrected chi connectivity index (χ3v) is 1.19. The molecule has 0 bridgehead atoms. The zero-order chi connectivity index (χ0) is 7.56. The molecule has 4 nitrogen and oxygen atoms in total. The smallest absolute Gasteiger partial charge is 0.117 e. The normalized spacial score (nSPS) is 9.30. The van der Waals surface area contributed by atoms with Gasteiger partial charge in [0.25, 0.3) is 0 Å². The summed E-state index contributed by atoms with van der Waals surface area (Å²) in [5.74, 6) is 5.22. The molecule has 0 amide bonds. The Balaban J connectivity index is 3.09. The maximum absolute atomic E-state index is 8.92. The molecule has 0 unspecified atom stereocenters. The van der Waals surface area contributed by atoms with Crippen molar-refractivity contribution in [3.63, 3.8) is 0 Å². The van der Waals surface area contributed by atoms with Crippen LogP contribution in [0.5, 0.6) is 5.75 Å². The molecule has 4 heteroatoms. The summed E-state index contributed by atoms with van der Waals surface area (Å²) in [5, 5.41) is 8.92. The largest absolute Gasteiger partial charge is 0.508 e. The molecule has 0 aromatic heterocycles. The molecule has 1 aromatic rings. The number of anilines is 2. The van der Waals surface area contributed by atoms with Gasteiger partial charge < -0.3 is 16.3 Å². The Kier molecular flexibility index (Phi) is 1.64. The topological polar surface area (TPSA) is 84.3 Å². The van der Waals surface area contributed by atoms with Crippen LogP contribution in [0, 0.1) is 0 Å². The molecule has 0 spiro atoms. The maximum Gasteiger partial charge on any atom is 0.117 e. The first-order valence-corrected chi connectivity index (χ1v) is 2.79. The predicted octanol–water partition coefficient (Wildman–Crippen LogP) is 0.260. The predicted molar refractivity (Wildman–Crippen MR) is 40.3 cm³/mol. The minimum atomic E-state index is 0.141. The number of phenolic OH excluding ortho intramolecular Hbond substituents is 1. The molecule has 10 heavy (non-hydrogen) atoms. The number of aromatic hydroxyl groups is 1. The average molecular weight is 139 g/mol. The van der Waals surface area contributed by atoms with Crippen LogP contribution in [0.3, 0.4) is 0 Å². The van der Waals surface area contributed by atoms with Crippen LogP contribution in [0.25, 0.3) is 0 Å². The summed E-state index contributed by atoms with van der Waals surface area (Å²) in [6, 6.07) is 4.52. The van der Waals surface area contributed by atoms with E-state index in [2.05, 4.69) is 5.43 Å². The summed E-state index contributed by atoms with van der Waals surface area (Å²) in [7, 11) is 0. The van der Waals surface area contributed by atoms with Gasteiger partial charge >= 0.3 is 0 Å². The fourth-order valence-corrected chi connectivity index (χ4v) is 0.669. The molecule has 0 radical (unpaired) electrons. The van der Waals surface area contributed by atoms with Crippen LogP contribution < -0.4 is 17.0 Å². The molecule has 0 saturated carbocycles. The van der Waals surface area contributed by atoms with E-state index in [1.807, 2.05) is 0 Å². The van der Waals surface area contributed by atoms with Crippen LogP contribution in [0.2, 0.25) is 0 Å². The summed E-state index contributed by atoms with van der Waals surface area (Å²) in [6.07, 6.45) is 0. The molecule has 0 aliphatic carbocycles. The number of benzene rings is 1. The lowest BCUT2D eigenvalue weighted by Gasteiger charge is -2.03. The highest BCUT2D eigenvalue weighted by atomic mass is 16.3. The van der Waals surface area contributed by atoms with Gasteiger partial charge in [0.05, 0.1) is 11.4 Å². The first-order chi connectivity index (χ1) is 4.74. The molecule has 1 aromatic carbocycles. The van der Waals surface area contributed by atoms with Gasteiger partial charge in [0, 0.05) is 6.07 Å². The number of hydrogen-bond acceptors (Lipinski definition) is 4. The van der Waals surface area contributed by atoms with E-state index < -0.39 is 0 Å². The molecule has 0 atom stereocenters. The zero-order valence-corrected chi connectivity index (χ0v) is 5.33. The number of hydrazine groups is 1. The second-order valence-electron chi connectivity index (χ2n) is 1.92. The van der Waals surface area contributed by atoms with Crippen molar-refractivity contribution in [3.05, 3.63) is 18.2 Å². The third-order valence-electron chi connectivity index (χ3n) is 1.19. The number of nitrogens with two attached hydrogens (primary N) is 2. The van der Waals surface area contributed by atoms with E-state index in [1.54, 1.807) is 6.07 Å². The number of nitrogens with one attached hydrogen (secondary N) is 1. The fraction of sp³-hybridized carbons (Fsp3) is 0. The molecule has 0 aliphatic heterocycles. The Labute approximate surface area is 58.4 Å². The van der Waals surface area contributed by atoms with E-state index in [1.165, 1.54) is 12.1 Å². The van der Waals surface area contributed by atoms with Crippen molar-refractivity contribution < 1.29 is 5.11 Å². The summed E-state index contributed by atoms with van der Waals surface area (Å²) in [6.45, 7) is 0. The number of nitrogen functional groups attached to an aromatic ring is 2. The molecular weight excluding hydrogens is 130 g/mol. The van der Waals surface area contributed by atoms with Crippen molar-refractivity contribution in [2.24, 2.45) is 5.84 Å². The number of phenols is 1. The van der Waals surface area contributed by atoms with Crippen LogP contribution in [0.1, 0.15) is 0 Å². The van der Waals surface area contributed by atoms with Gasteiger partial charge in [0.2, 0.25) is 0 Å². The first-order valence-electron chi connectivity index (χ1n) is 2.79. The van der Waals surface area contributed by atoms with Crippen molar-refractivity contribution in [1.29, 1.82) is 0 Å². The van der Waals surface area contributed by atoms with Crippen molar-refractivity contribution in [2.75, 3.05) is 11.2 Å². The van der Waals surface area contributed by atoms with E-state index in [9.17, 15) is 0 Å². The van der Waals surface area contributed by atoms with Crippen molar-refractivity contribution in [1.82, 2.24) is 0 Å². The van der Waals surface area contributed by atoms with E-state index >= 15 is 0 Å². The Morgan fingerprint density at radius 1 is 1.40 bits per heavy atom. The average Bonchev–Trinajstić information content (AvgIpc) is 1.94. The standard InChI is InChI=1S/C6H9N3O/c7-5-2-1-4(10)3-6(5)9-8/h1-3,9-10H,7-8H2. The third kappa shape index (κ3) is 1.11. The van der Waals surface area contributed by atoms with Gasteiger partial charge in [-0.25, -0.2) is 0 Å². The van der Waals surface area contributed by atoms with Crippen LogP contribution in [-0.4, -0.2) is 5.11 Å². The van der Waals surface area contributed by atoms with Crippen LogP contribution in [-0.2, 0) is 0 Å². The summed E-state index contributed by atoms with van der Waals surface area (Å²) in [4.78, 5) is 0. The summed E-state index contributed by atoms with van der Waals surface area (Å²) in [5.41, 5.74) is 8.84. The highest BCUT2D eigenvalue weighted by Crippen LogP contribution is 2.21. The van der Waals surface area contributed by atoms with Crippen molar-refractivity contribution >= 4 is 11.4 Å². The Morgan fingerprint density at radius 3 is 2.60 bits per heavy atom. The molecule has 0 aliphatic rings. The quantitative estimate of drug-likeness (QED) is 0.194. The minimum Gasteiger partial charge on any atom is -0.508 e. The van der Waals surface area contributed by atoms with E-state index in [4.69, 9.17) is 16.7 Å². The van der Waals surface area contributed by atoms with Crippen LogP contribution in [0.4, 0.5) is 11.4 Å². The van der Waals surface area contributed by atoms with Gasteiger partial charge in [-0.3, -0.25) is 5.84 Å². The van der Waals surface area contributed by atoms with Gasteiger partial charge in [0.1, 0.15) is 5.75 Å². The summed E-state index contributed by atoms with van der Waals surface area (Å²) >= 11 is 0. The van der Waals surface area contributed by atoms with Gasteiger partial charge in [-0.05, 0) is 12.1 Å². The van der Waals surface area contributed by atoms with Gasteiger partial charge in [-0.1, -0.05) is 0 Å². The molecule has 6 N–H and O–H groups in total. The monoisotopic (exact) mass is 139 g/mol. The first kappa shape index (κ1) is 6.70. The van der Waals surface area contributed by atoms with E-state index in [-0.39, 0.29) is 5.75 Å². The fourth-order valence-electron chi connectivity index (χ4n) is 0.669. The minimum absolute atomic E-state index is 0.141. The SMILES string of the molecule is NNc1cc(O)ccc1N. The van der Waals surface area contributed by atoms with Gasteiger partial charge in [-0.15, -0.1) is 0 Å². The van der Waals surface area contributed by atoms with E-state index in [0.29, 0.717) is 11.4 Å². The molecule has 0 heterocycles. The highest BCUT2D eigenvalue weighted by molar-refractivity contribution is 5.67. The van der Waals surface area contributed by atoms with Crippen LogP contribution >= 0.6 is 0 Å².